The lowest BCUT2D eigenvalue weighted by molar-refractivity contribution is -0.116. The summed E-state index contributed by atoms with van der Waals surface area (Å²) in [5, 5.41) is 2.78. The highest BCUT2D eigenvalue weighted by Gasteiger charge is 2.20. The first-order valence-corrected chi connectivity index (χ1v) is 10.8. The minimum Gasteiger partial charge on any atom is -0.325 e. The molecule has 0 aliphatic rings. The van der Waals surface area contributed by atoms with Crippen molar-refractivity contribution in [3.63, 3.8) is 0 Å². The van der Waals surface area contributed by atoms with Crippen LogP contribution in [0.4, 0.5) is 5.69 Å². The van der Waals surface area contributed by atoms with E-state index in [0.717, 1.165) is 11.8 Å². The summed E-state index contributed by atoms with van der Waals surface area (Å²) in [6.07, 6.45) is 1.69. The first-order valence-electron chi connectivity index (χ1n) is 8.95. The van der Waals surface area contributed by atoms with Gasteiger partial charge in [-0.1, -0.05) is 63.2 Å². The molecule has 6 heteroatoms. The van der Waals surface area contributed by atoms with Gasteiger partial charge in [0, 0.05) is 12.2 Å². The molecule has 2 aromatic rings. The molecule has 0 unspecified atom stereocenters. The quantitative estimate of drug-likeness (QED) is 0.790. The number of rotatable bonds is 7. The van der Waals surface area contributed by atoms with Crippen LogP contribution in [0.15, 0.2) is 54.6 Å². The van der Waals surface area contributed by atoms with Gasteiger partial charge in [0.2, 0.25) is 15.9 Å². The fourth-order valence-electron chi connectivity index (χ4n) is 2.67. The van der Waals surface area contributed by atoms with Crippen molar-refractivity contribution in [1.29, 1.82) is 0 Å². The summed E-state index contributed by atoms with van der Waals surface area (Å²) in [5.41, 5.74) is 2.89. The Kier molecular flexibility index (Phi) is 6.78. The number of sulfonamides is 1. The van der Waals surface area contributed by atoms with Gasteiger partial charge >= 0.3 is 0 Å². The molecule has 0 bridgehead atoms. The zero-order valence-corrected chi connectivity index (χ0v) is 17.2. The summed E-state index contributed by atoms with van der Waals surface area (Å²) >= 11 is 0. The van der Waals surface area contributed by atoms with Crippen LogP contribution in [0, 0.1) is 0 Å². The average molecular weight is 389 g/mol. The normalized spacial score (nSPS) is 12.2. The third-order valence-corrected chi connectivity index (χ3v) is 5.57. The van der Waals surface area contributed by atoms with Crippen molar-refractivity contribution in [2.24, 2.45) is 0 Å². The number of carbonyl (C=O) groups is 1. The van der Waals surface area contributed by atoms with Gasteiger partial charge in [0.15, 0.2) is 0 Å². The van der Waals surface area contributed by atoms with Crippen molar-refractivity contribution in [2.45, 2.75) is 32.6 Å². The predicted octanol–water partition coefficient (Wildman–Crippen LogP) is 3.43. The molecule has 146 valence electrons. The molecule has 2 aromatic carbocycles. The van der Waals surface area contributed by atoms with Crippen LogP contribution < -0.4 is 5.32 Å². The Balaban J connectivity index is 1.99. The van der Waals surface area contributed by atoms with Crippen LogP contribution in [0.3, 0.4) is 0 Å². The van der Waals surface area contributed by atoms with Crippen molar-refractivity contribution >= 4 is 21.6 Å². The number of nitrogens with one attached hydrogen (secondary N) is 1. The molecule has 2 rings (SSSR count). The molecule has 27 heavy (non-hydrogen) atoms. The second kappa shape index (κ2) is 8.67. The van der Waals surface area contributed by atoms with Crippen molar-refractivity contribution < 1.29 is 13.2 Å². The van der Waals surface area contributed by atoms with Crippen molar-refractivity contribution in [3.05, 3.63) is 65.7 Å². The highest BCUT2D eigenvalue weighted by Crippen LogP contribution is 2.23. The topological polar surface area (TPSA) is 66.5 Å². The molecule has 0 aromatic heterocycles. The van der Waals surface area contributed by atoms with Crippen LogP contribution in [0.1, 0.15) is 31.9 Å². The first-order chi connectivity index (χ1) is 12.6. The Bertz CT molecular complexity index is 855. The van der Waals surface area contributed by atoms with Crippen molar-refractivity contribution in [1.82, 2.24) is 4.31 Å². The molecule has 0 saturated carbocycles. The number of nitrogens with zero attached hydrogens (tertiary/aromatic N) is 1. The van der Waals surface area contributed by atoms with Crippen LogP contribution >= 0.6 is 0 Å². The summed E-state index contributed by atoms with van der Waals surface area (Å²) in [5.74, 6) is -0.350. The fraction of sp³-hybridized carbons (Fsp3) is 0.381. The second-order valence-electron chi connectivity index (χ2n) is 7.71. The molecule has 0 heterocycles. The van der Waals surface area contributed by atoms with Crippen molar-refractivity contribution in [3.8, 4) is 0 Å². The Morgan fingerprint density at radius 3 is 2.11 bits per heavy atom. The van der Waals surface area contributed by atoms with Gasteiger partial charge in [0.25, 0.3) is 0 Å². The van der Waals surface area contributed by atoms with E-state index in [1.54, 1.807) is 0 Å². The number of anilines is 1. The van der Waals surface area contributed by atoms with Crippen LogP contribution in [-0.4, -0.2) is 38.0 Å². The minimum atomic E-state index is -3.48. The standard InChI is InChI=1S/C21H28N2O3S/c1-21(2,3)18-10-12-19(13-11-18)22-20(24)16-23(27(4,25)26)15-14-17-8-6-5-7-9-17/h5-13H,14-16H2,1-4H3,(H,22,24). The maximum absolute atomic E-state index is 12.3. The highest BCUT2D eigenvalue weighted by atomic mass is 32.2. The molecular formula is C21H28N2O3S. The highest BCUT2D eigenvalue weighted by molar-refractivity contribution is 7.88. The molecule has 0 fully saturated rings. The van der Waals surface area contributed by atoms with E-state index in [-0.39, 0.29) is 24.4 Å². The largest absolute Gasteiger partial charge is 0.325 e. The fourth-order valence-corrected chi connectivity index (χ4v) is 3.45. The van der Waals surface area contributed by atoms with E-state index >= 15 is 0 Å². The summed E-state index contributed by atoms with van der Waals surface area (Å²) in [6.45, 7) is 6.43. The smallest absolute Gasteiger partial charge is 0.239 e. The predicted molar refractivity (Wildman–Crippen MR) is 110 cm³/mol. The monoisotopic (exact) mass is 388 g/mol. The molecular weight excluding hydrogens is 360 g/mol. The van der Waals surface area contributed by atoms with E-state index in [4.69, 9.17) is 0 Å². The molecule has 0 aliphatic carbocycles. The number of hydrogen-bond acceptors (Lipinski definition) is 3. The molecule has 0 aliphatic heterocycles. The SMILES string of the molecule is CC(C)(C)c1ccc(NC(=O)CN(CCc2ccccc2)S(C)(=O)=O)cc1. The summed E-state index contributed by atoms with van der Waals surface area (Å²) in [7, 11) is -3.48. The van der Waals surface area contributed by atoms with E-state index < -0.39 is 10.0 Å². The van der Waals surface area contributed by atoms with Gasteiger partial charge in [-0.2, -0.15) is 4.31 Å². The molecule has 0 atom stereocenters. The van der Waals surface area contributed by atoms with Gasteiger partial charge in [0.05, 0.1) is 12.8 Å². The third-order valence-electron chi connectivity index (χ3n) is 4.32. The molecule has 1 amide bonds. The average Bonchev–Trinajstić information content (AvgIpc) is 2.58. The van der Waals surface area contributed by atoms with Gasteiger partial charge in [-0.15, -0.1) is 0 Å². The minimum absolute atomic E-state index is 0.0348. The van der Waals surface area contributed by atoms with E-state index in [1.807, 2.05) is 54.6 Å². The lowest BCUT2D eigenvalue weighted by Crippen LogP contribution is -2.38. The van der Waals surface area contributed by atoms with E-state index in [2.05, 4.69) is 26.1 Å². The Morgan fingerprint density at radius 1 is 1.00 bits per heavy atom. The van der Waals surface area contributed by atoms with Gasteiger partial charge < -0.3 is 5.32 Å². The van der Waals surface area contributed by atoms with Gasteiger partial charge in [0.1, 0.15) is 0 Å². The summed E-state index contributed by atoms with van der Waals surface area (Å²) < 4.78 is 25.3. The number of hydrogen-bond donors (Lipinski definition) is 1. The maximum Gasteiger partial charge on any atom is 0.239 e. The summed E-state index contributed by atoms with van der Waals surface area (Å²) in [4.78, 5) is 12.3. The third kappa shape index (κ3) is 6.81. The lowest BCUT2D eigenvalue weighted by atomic mass is 9.87. The van der Waals surface area contributed by atoms with Crippen LogP contribution in [0.5, 0.6) is 0 Å². The van der Waals surface area contributed by atoms with Crippen molar-refractivity contribution in [2.75, 3.05) is 24.7 Å². The second-order valence-corrected chi connectivity index (χ2v) is 9.69. The van der Waals surface area contributed by atoms with Gasteiger partial charge in [-0.25, -0.2) is 8.42 Å². The van der Waals surface area contributed by atoms with Crippen LogP contribution in [-0.2, 0) is 26.7 Å². The lowest BCUT2D eigenvalue weighted by Gasteiger charge is -2.20. The Hall–Kier alpha value is -2.18. The van der Waals surface area contributed by atoms with Crippen LogP contribution in [0.25, 0.3) is 0 Å². The number of carbonyl (C=O) groups excluding carboxylic acids is 1. The molecule has 1 N–H and O–H groups in total. The van der Waals surface area contributed by atoms with Crippen LogP contribution in [0.2, 0.25) is 0 Å². The molecule has 0 spiro atoms. The number of amides is 1. The van der Waals surface area contributed by atoms with Gasteiger partial charge in [-0.05, 0) is 35.1 Å². The molecule has 5 nitrogen and oxygen atoms in total. The zero-order valence-electron chi connectivity index (χ0n) is 16.4. The maximum atomic E-state index is 12.3. The first kappa shape index (κ1) is 21.1. The Morgan fingerprint density at radius 2 is 1.59 bits per heavy atom. The molecule has 0 radical (unpaired) electrons. The summed E-state index contributed by atoms with van der Waals surface area (Å²) in [6, 6.07) is 17.2. The molecule has 0 saturated heterocycles. The zero-order chi connectivity index (χ0) is 20.1. The van der Waals surface area contributed by atoms with E-state index in [1.165, 1.54) is 9.87 Å². The van der Waals surface area contributed by atoms with E-state index in [9.17, 15) is 13.2 Å². The Labute approximate surface area is 162 Å². The van der Waals surface area contributed by atoms with Gasteiger partial charge in [-0.3, -0.25) is 4.79 Å². The number of benzene rings is 2. The van der Waals surface area contributed by atoms with E-state index in [0.29, 0.717) is 12.1 Å².